The summed E-state index contributed by atoms with van der Waals surface area (Å²) in [6.45, 7) is 7.00. The number of ether oxygens (including phenoxy) is 2. The molecule has 0 aliphatic carbocycles. The smallest absolute Gasteiger partial charge is 0.310 e. The van der Waals surface area contributed by atoms with Crippen LogP contribution in [0.1, 0.15) is 32.3 Å². The SMILES string of the molecule is CCOC(=O)[C@H]1CCCN(C(=O)[C@@H](C)Oc2ccc3c(-c4ccccc4C)ccnc3c2)C1. The third kappa shape index (κ3) is 5.00. The van der Waals surface area contributed by atoms with E-state index in [1.807, 2.05) is 36.4 Å². The van der Waals surface area contributed by atoms with Crippen LogP contribution in [0.4, 0.5) is 0 Å². The molecule has 1 amide bonds. The molecule has 6 heteroatoms. The summed E-state index contributed by atoms with van der Waals surface area (Å²) >= 11 is 0. The molecule has 1 aliphatic heterocycles. The van der Waals surface area contributed by atoms with Gasteiger partial charge < -0.3 is 14.4 Å². The number of aromatic nitrogens is 1. The van der Waals surface area contributed by atoms with E-state index in [2.05, 4.69) is 24.0 Å². The fourth-order valence-electron chi connectivity index (χ4n) is 4.45. The number of benzene rings is 2. The summed E-state index contributed by atoms with van der Waals surface area (Å²) in [5.41, 5.74) is 4.30. The van der Waals surface area contributed by atoms with Crippen molar-refractivity contribution in [1.82, 2.24) is 9.88 Å². The number of likely N-dealkylation sites (tertiary alicyclic amines) is 1. The minimum absolute atomic E-state index is 0.120. The summed E-state index contributed by atoms with van der Waals surface area (Å²) in [7, 11) is 0. The number of hydrogen-bond donors (Lipinski definition) is 0. The number of amides is 1. The van der Waals surface area contributed by atoms with E-state index in [9.17, 15) is 9.59 Å². The van der Waals surface area contributed by atoms with Gasteiger partial charge in [0.25, 0.3) is 5.91 Å². The zero-order chi connectivity index (χ0) is 23.4. The Bertz CT molecular complexity index is 1160. The Labute approximate surface area is 194 Å². The second-order valence-electron chi connectivity index (χ2n) is 8.49. The van der Waals surface area contributed by atoms with Gasteiger partial charge in [0.1, 0.15) is 5.75 Å². The Balaban J connectivity index is 1.49. The monoisotopic (exact) mass is 446 g/mol. The maximum absolute atomic E-state index is 13.0. The molecule has 1 aromatic heterocycles. The van der Waals surface area contributed by atoms with Crippen molar-refractivity contribution in [3.63, 3.8) is 0 Å². The number of nitrogens with zero attached hydrogens (tertiary/aromatic N) is 2. The molecule has 4 rings (SSSR count). The molecule has 6 nitrogen and oxygen atoms in total. The second-order valence-corrected chi connectivity index (χ2v) is 8.49. The van der Waals surface area contributed by atoms with Crippen molar-refractivity contribution < 1.29 is 19.1 Å². The Morgan fingerprint density at radius 2 is 1.97 bits per heavy atom. The van der Waals surface area contributed by atoms with E-state index in [0.717, 1.165) is 29.3 Å². The zero-order valence-corrected chi connectivity index (χ0v) is 19.4. The number of esters is 1. The lowest BCUT2D eigenvalue weighted by Crippen LogP contribution is -2.47. The highest BCUT2D eigenvalue weighted by Gasteiger charge is 2.31. The largest absolute Gasteiger partial charge is 0.481 e. The van der Waals surface area contributed by atoms with Crippen LogP contribution in [0.2, 0.25) is 0 Å². The van der Waals surface area contributed by atoms with Gasteiger partial charge in [-0.05, 0) is 68.5 Å². The fraction of sp³-hybridized carbons (Fsp3) is 0.370. The average Bonchev–Trinajstić information content (AvgIpc) is 2.83. The van der Waals surface area contributed by atoms with Crippen LogP contribution in [0.15, 0.2) is 54.7 Å². The number of pyridine rings is 1. The molecule has 3 aromatic rings. The van der Waals surface area contributed by atoms with Gasteiger partial charge in [0.05, 0.1) is 18.0 Å². The fourth-order valence-corrected chi connectivity index (χ4v) is 4.45. The van der Waals surface area contributed by atoms with E-state index in [0.29, 0.717) is 25.4 Å². The van der Waals surface area contributed by atoms with Crippen molar-refractivity contribution in [3.8, 4) is 16.9 Å². The van der Waals surface area contributed by atoms with E-state index < -0.39 is 6.10 Å². The highest BCUT2D eigenvalue weighted by atomic mass is 16.5. The lowest BCUT2D eigenvalue weighted by atomic mass is 9.97. The first-order valence-corrected chi connectivity index (χ1v) is 11.5. The number of carbonyl (C=O) groups excluding carboxylic acids is 2. The van der Waals surface area contributed by atoms with Crippen molar-refractivity contribution in [1.29, 1.82) is 0 Å². The number of rotatable bonds is 6. The molecule has 0 unspecified atom stereocenters. The molecular formula is C27H30N2O4. The van der Waals surface area contributed by atoms with Crippen molar-refractivity contribution >= 4 is 22.8 Å². The third-order valence-electron chi connectivity index (χ3n) is 6.16. The summed E-state index contributed by atoms with van der Waals surface area (Å²) in [4.78, 5) is 31.3. The molecule has 2 aromatic carbocycles. The Morgan fingerprint density at radius 3 is 2.76 bits per heavy atom. The topological polar surface area (TPSA) is 68.7 Å². The van der Waals surface area contributed by atoms with Crippen LogP contribution < -0.4 is 4.74 Å². The van der Waals surface area contributed by atoms with E-state index in [1.165, 1.54) is 11.1 Å². The molecule has 2 heterocycles. The minimum Gasteiger partial charge on any atom is -0.481 e. The summed E-state index contributed by atoms with van der Waals surface area (Å²) in [6, 6.07) is 16.0. The van der Waals surface area contributed by atoms with Crippen molar-refractivity contribution in [3.05, 3.63) is 60.3 Å². The number of fused-ring (bicyclic) bond motifs is 1. The normalized spacial score (nSPS) is 16.9. The van der Waals surface area contributed by atoms with Gasteiger partial charge >= 0.3 is 5.97 Å². The Morgan fingerprint density at radius 1 is 1.15 bits per heavy atom. The summed E-state index contributed by atoms with van der Waals surface area (Å²) in [5.74, 6) is -0.0179. The van der Waals surface area contributed by atoms with Crippen LogP contribution >= 0.6 is 0 Å². The van der Waals surface area contributed by atoms with Crippen LogP contribution in [0.3, 0.4) is 0 Å². The summed E-state index contributed by atoms with van der Waals surface area (Å²) in [5, 5.41) is 1.03. The number of piperidine rings is 1. The molecule has 1 aliphatic rings. The summed E-state index contributed by atoms with van der Waals surface area (Å²) in [6.07, 6.45) is 2.66. The highest BCUT2D eigenvalue weighted by Crippen LogP contribution is 2.32. The Kier molecular flexibility index (Phi) is 6.92. The number of carbonyl (C=O) groups is 2. The summed E-state index contributed by atoms with van der Waals surface area (Å²) < 4.78 is 11.1. The molecule has 0 N–H and O–H groups in total. The van der Waals surface area contributed by atoms with Crippen LogP contribution in [-0.2, 0) is 14.3 Å². The van der Waals surface area contributed by atoms with Gasteiger partial charge in [0.2, 0.25) is 0 Å². The first kappa shape index (κ1) is 22.8. The molecule has 0 saturated carbocycles. The maximum atomic E-state index is 13.0. The van der Waals surface area contributed by atoms with Gasteiger partial charge in [-0.15, -0.1) is 0 Å². The Hall–Kier alpha value is -3.41. The van der Waals surface area contributed by atoms with E-state index >= 15 is 0 Å². The molecule has 1 fully saturated rings. The molecule has 0 bridgehead atoms. The van der Waals surface area contributed by atoms with Crippen molar-refractivity contribution in [2.75, 3.05) is 19.7 Å². The van der Waals surface area contributed by atoms with Crippen molar-refractivity contribution in [2.45, 2.75) is 39.7 Å². The standard InChI is InChI=1S/C27H30N2O4/c1-4-32-27(31)20-9-7-15-29(17-20)26(30)19(3)33-21-11-12-24-23(13-14-28-25(24)16-21)22-10-6-5-8-18(22)2/h5-6,8,10-14,16,19-20H,4,7,9,15,17H2,1-3H3/t19-,20+/m1/s1. The van der Waals surface area contributed by atoms with Gasteiger partial charge in [0.15, 0.2) is 6.10 Å². The molecule has 2 atom stereocenters. The lowest BCUT2D eigenvalue weighted by molar-refractivity contribution is -0.152. The van der Waals surface area contributed by atoms with Gasteiger partial charge in [-0.25, -0.2) is 0 Å². The lowest BCUT2D eigenvalue weighted by Gasteiger charge is -2.33. The molecule has 0 radical (unpaired) electrons. The van der Waals surface area contributed by atoms with Gasteiger partial charge in [-0.1, -0.05) is 24.3 Å². The van der Waals surface area contributed by atoms with Crippen LogP contribution in [0, 0.1) is 12.8 Å². The van der Waals surface area contributed by atoms with E-state index in [-0.39, 0.29) is 17.8 Å². The third-order valence-corrected chi connectivity index (χ3v) is 6.16. The zero-order valence-electron chi connectivity index (χ0n) is 19.4. The van der Waals surface area contributed by atoms with Crippen LogP contribution in [-0.4, -0.2) is 47.6 Å². The number of aryl methyl sites for hydroxylation is 1. The van der Waals surface area contributed by atoms with Gasteiger partial charge in [-0.2, -0.15) is 0 Å². The first-order chi connectivity index (χ1) is 16.0. The highest BCUT2D eigenvalue weighted by molar-refractivity contribution is 5.95. The van der Waals surface area contributed by atoms with Crippen LogP contribution in [0.5, 0.6) is 5.75 Å². The van der Waals surface area contributed by atoms with E-state index in [4.69, 9.17) is 9.47 Å². The van der Waals surface area contributed by atoms with E-state index in [1.54, 1.807) is 24.9 Å². The minimum atomic E-state index is -0.664. The van der Waals surface area contributed by atoms with Gasteiger partial charge in [0, 0.05) is 30.7 Å². The first-order valence-electron chi connectivity index (χ1n) is 11.5. The molecule has 1 saturated heterocycles. The average molecular weight is 447 g/mol. The molecular weight excluding hydrogens is 416 g/mol. The molecule has 33 heavy (non-hydrogen) atoms. The maximum Gasteiger partial charge on any atom is 0.310 e. The predicted octanol–water partition coefficient (Wildman–Crippen LogP) is 4.78. The molecule has 172 valence electrons. The van der Waals surface area contributed by atoms with Crippen LogP contribution in [0.25, 0.3) is 22.0 Å². The second kappa shape index (κ2) is 10.0. The quantitative estimate of drug-likeness (QED) is 0.510. The molecule has 0 spiro atoms. The number of hydrogen-bond acceptors (Lipinski definition) is 5. The predicted molar refractivity (Wildman–Crippen MR) is 128 cm³/mol. The van der Waals surface area contributed by atoms with Crippen molar-refractivity contribution in [2.24, 2.45) is 5.92 Å². The van der Waals surface area contributed by atoms with Gasteiger partial charge in [-0.3, -0.25) is 14.6 Å².